The van der Waals surface area contributed by atoms with Crippen molar-refractivity contribution in [2.75, 3.05) is 6.54 Å². The summed E-state index contributed by atoms with van der Waals surface area (Å²) in [6.45, 7) is 1.14. The van der Waals surface area contributed by atoms with E-state index in [4.69, 9.17) is 5.11 Å². The predicted octanol–water partition coefficient (Wildman–Crippen LogP) is 1.05. The molecule has 1 aliphatic heterocycles. The smallest absolute Gasteiger partial charge is 0.312 e. The minimum atomic E-state index is -1.07. The molecule has 0 radical (unpaired) electrons. The molecular weight excluding hydrogens is 206 g/mol. The van der Waals surface area contributed by atoms with Gasteiger partial charge in [-0.1, -0.05) is 24.3 Å². The highest BCUT2D eigenvalue weighted by atomic mass is 16.4. The molecule has 4 nitrogen and oxygen atoms in total. The van der Waals surface area contributed by atoms with E-state index < -0.39 is 12.4 Å². The molecule has 84 valence electrons. The van der Waals surface area contributed by atoms with Crippen molar-refractivity contribution >= 4 is 11.9 Å². The van der Waals surface area contributed by atoms with Crippen molar-refractivity contribution < 1.29 is 14.7 Å². The van der Waals surface area contributed by atoms with E-state index in [9.17, 15) is 9.59 Å². The molecule has 0 aromatic heterocycles. The summed E-state index contributed by atoms with van der Waals surface area (Å²) in [5.74, 6) is -1.37. The van der Waals surface area contributed by atoms with Crippen LogP contribution in [0.15, 0.2) is 24.3 Å². The van der Waals surface area contributed by atoms with E-state index in [1.54, 1.807) is 4.90 Å². The highest BCUT2D eigenvalue weighted by Gasteiger charge is 2.21. The molecule has 1 aromatic rings. The molecule has 0 bridgehead atoms. The van der Waals surface area contributed by atoms with Crippen LogP contribution >= 0.6 is 0 Å². The number of carbonyl (C=O) groups is 2. The first kappa shape index (κ1) is 10.7. The Kier molecular flexibility index (Phi) is 2.90. The first-order chi connectivity index (χ1) is 7.66. The molecule has 0 fully saturated rings. The SMILES string of the molecule is O=C(O)CC(=O)N1CCc2ccccc2C1. The number of hydrogen-bond acceptors (Lipinski definition) is 2. The Morgan fingerprint density at radius 3 is 2.62 bits per heavy atom. The van der Waals surface area contributed by atoms with Crippen LogP contribution < -0.4 is 0 Å². The fraction of sp³-hybridized carbons (Fsp3) is 0.333. The lowest BCUT2D eigenvalue weighted by molar-refractivity contribution is -0.144. The summed E-state index contributed by atoms with van der Waals surface area (Å²) in [6, 6.07) is 7.95. The summed E-state index contributed by atoms with van der Waals surface area (Å²) in [5, 5.41) is 8.56. The number of fused-ring (bicyclic) bond motifs is 1. The molecule has 1 heterocycles. The van der Waals surface area contributed by atoms with Gasteiger partial charge >= 0.3 is 5.97 Å². The molecular formula is C12H13NO3. The Morgan fingerprint density at radius 1 is 1.25 bits per heavy atom. The third-order valence-corrected chi connectivity index (χ3v) is 2.79. The molecule has 0 unspecified atom stereocenters. The first-order valence-corrected chi connectivity index (χ1v) is 5.23. The van der Waals surface area contributed by atoms with Crippen LogP contribution in [0.1, 0.15) is 17.5 Å². The molecule has 1 aromatic carbocycles. The Hall–Kier alpha value is -1.84. The van der Waals surface area contributed by atoms with Crippen LogP contribution in [-0.4, -0.2) is 28.4 Å². The summed E-state index contributed by atoms with van der Waals surface area (Å²) in [5.41, 5.74) is 2.37. The lowest BCUT2D eigenvalue weighted by Crippen LogP contribution is -2.36. The summed E-state index contributed by atoms with van der Waals surface area (Å²) < 4.78 is 0. The lowest BCUT2D eigenvalue weighted by atomic mass is 10.00. The van der Waals surface area contributed by atoms with Crippen LogP contribution in [-0.2, 0) is 22.6 Å². The average Bonchev–Trinajstić information content (AvgIpc) is 2.27. The molecule has 0 spiro atoms. The van der Waals surface area contributed by atoms with E-state index in [0.29, 0.717) is 13.1 Å². The van der Waals surface area contributed by atoms with Crippen LogP contribution in [0.4, 0.5) is 0 Å². The maximum atomic E-state index is 11.6. The third kappa shape index (κ3) is 2.21. The summed E-state index contributed by atoms with van der Waals surface area (Å²) in [6.07, 6.45) is 0.393. The number of nitrogens with zero attached hydrogens (tertiary/aromatic N) is 1. The normalized spacial score (nSPS) is 14.4. The molecule has 0 saturated heterocycles. The van der Waals surface area contributed by atoms with E-state index in [-0.39, 0.29) is 5.91 Å². The Morgan fingerprint density at radius 2 is 1.94 bits per heavy atom. The van der Waals surface area contributed by atoms with E-state index in [1.165, 1.54) is 5.56 Å². The van der Waals surface area contributed by atoms with Gasteiger partial charge < -0.3 is 10.0 Å². The number of aliphatic carboxylic acids is 1. The highest BCUT2D eigenvalue weighted by molar-refractivity contribution is 5.93. The van der Waals surface area contributed by atoms with Gasteiger partial charge in [0.1, 0.15) is 6.42 Å². The minimum Gasteiger partial charge on any atom is -0.481 e. The van der Waals surface area contributed by atoms with Crippen molar-refractivity contribution in [3.63, 3.8) is 0 Å². The van der Waals surface area contributed by atoms with Gasteiger partial charge in [-0.2, -0.15) is 0 Å². The zero-order valence-corrected chi connectivity index (χ0v) is 8.85. The summed E-state index contributed by atoms with van der Waals surface area (Å²) in [7, 11) is 0. The molecule has 0 atom stereocenters. The Bertz CT molecular complexity index is 428. The zero-order chi connectivity index (χ0) is 11.5. The van der Waals surface area contributed by atoms with Crippen molar-refractivity contribution in [1.29, 1.82) is 0 Å². The molecule has 16 heavy (non-hydrogen) atoms. The van der Waals surface area contributed by atoms with Gasteiger partial charge in [0.2, 0.25) is 5.91 Å². The molecule has 0 saturated carbocycles. The molecule has 0 aliphatic carbocycles. The second-order valence-electron chi connectivity index (χ2n) is 3.90. The topological polar surface area (TPSA) is 57.6 Å². The van der Waals surface area contributed by atoms with Gasteiger partial charge in [0.25, 0.3) is 0 Å². The number of carbonyl (C=O) groups excluding carboxylic acids is 1. The van der Waals surface area contributed by atoms with Crippen molar-refractivity contribution in [2.24, 2.45) is 0 Å². The van der Waals surface area contributed by atoms with E-state index in [1.807, 2.05) is 24.3 Å². The van der Waals surface area contributed by atoms with Crippen molar-refractivity contribution in [2.45, 2.75) is 19.4 Å². The van der Waals surface area contributed by atoms with E-state index in [0.717, 1.165) is 12.0 Å². The van der Waals surface area contributed by atoms with Crippen molar-refractivity contribution in [3.8, 4) is 0 Å². The van der Waals surface area contributed by atoms with Gasteiger partial charge in [-0.15, -0.1) is 0 Å². The van der Waals surface area contributed by atoms with Gasteiger partial charge in [-0.3, -0.25) is 9.59 Å². The number of rotatable bonds is 2. The standard InChI is InChI=1S/C12H13NO3/c14-11(7-12(15)16)13-6-5-9-3-1-2-4-10(9)8-13/h1-4H,5-8H2,(H,15,16). The van der Waals surface area contributed by atoms with Gasteiger partial charge in [0, 0.05) is 13.1 Å². The maximum Gasteiger partial charge on any atom is 0.312 e. The van der Waals surface area contributed by atoms with Gasteiger partial charge in [0.15, 0.2) is 0 Å². The number of amides is 1. The number of carboxylic acid groups (broad SMARTS) is 1. The minimum absolute atomic E-state index is 0.304. The third-order valence-electron chi connectivity index (χ3n) is 2.79. The number of hydrogen-bond donors (Lipinski definition) is 1. The fourth-order valence-electron chi connectivity index (χ4n) is 1.95. The molecule has 1 aliphatic rings. The van der Waals surface area contributed by atoms with Crippen molar-refractivity contribution in [3.05, 3.63) is 35.4 Å². The molecule has 4 heteroatoms. The van der Waals surface area contributed by atoms with Crippen LogP contribution in [0.5, 0.6) is 0 Å². The van der Waals surface area contributed by atoms with Gasteiger partial charge in [0.05, 0.1) is 0 Å². The number of carboxylic acids is 1. The second-order valence-corrected chi connectivity index (χ2v) is 3.90. The Balaban J connectivity index is 2.08. The fourth-order valence-corrected chi connectivity index (χ4v) is 1.95. The Labute approximate surface area is 93.5 Å². The van der Waals surface area contributed by atoms with Gasteiger partial charge in [-0.25, -0.2) is 0 Å². The molecule has 1 amide bonds. The van der Waals surface area contributed by atoms with Crippen LogP contribution in [0.2, 0.25) is 0 Å². The average molecular weight is 219 g/mol. The van der Waals surface area contributed by atoms with Crippen LogP contribution in [0.3, 0.4) is 0 Å². The first-order valence-electron chi connectivity index (χ1n) is 5.23. The van der Waals surface area contributed by atoms with Crippen molar-refractivity contribution in [1.82, 2.24) is 4.90 Å². The van der Waals surface area contributed by atoms with E-state index >= 15 is 0 Å². The summed E-state index contributed by atoms with van der Waals surface area (Å²) >= 11 is 0. The quantitative estimate of drug-likeness (QED) is 0.756. The highest BCUT2D eigenvalue weighted by Crippen LogP contribution is 2.18. The van der Waals surface area contributed by atoms with Gasteiger partial charge in [-0.05, 0) is 17.5 Å². The monoisotopic (exact) mass is 219 g/mol. The second kappa shape index (κ2) is 4.35. The molecule has 2 rings (SSSR count). The van der Waals surface area contributed by atoms with E-state index in [2.05, 4.69) is 0 Å². The predicted molar refractivity (Wildman–Crippen MR) is 57.8 cm³/mol. The maximum absolute atomic E-state index is 11.6. The lowest BCUT2D eigenvalue weighted by Gasteiger charge is -2.28. The molecule has 1 N–H and O–H groups in total. The zero-order valence-electron chi connectivity index (χ0n) is 8.85. The largest absolute Gasteiger partial charge is 0.481 e. The van der Waals surface area contributed by atoms with Crippen LogP contribution in [0.25, 0.3) is 0 Å². The van der Waals surface area contributed by atoms with Crippen LogP contribution in [0, 0.1) is 0 Å². The summed E-state index contributed by atoms with van der Waals surface area (Å²) in [4.78, 5) is 23.6. The number of benzene rings is 1.